The highest BCUT2D eigenvalue weighted by molar-refractivity contribution is 5.94. The molecule has 0 unspecified atom stereocenters. The number of hydrogen-bond donors (Lipinski definition) is 4. The third-order valence-corrected chi connectivity index (χ3v) is 7.36. The van der Waals surface area contributed by atoms with E-state index in [9.17, 15) is 9.59 Å². The predicted molar refractivity (Wildman–Crippen MR) is 167 cm³/mol. The number of anilines is 2. The second-order valence-corrected chi connectivity index (χ2v) is 10.4. The van der Waals surface area contributed by atoms with Gasteiger partial charge in [-0.3, -0.25) is 9.59 Å². The van der Waals surface area contributed by atoms with E-state index in [-0.39, 0.29) is 42.6 Å². The first-order valence-corrected chi connectivity index (χ1v) is 15.2. The molecule has 11 nitrogen and oxygen atoms in total. The number of aliphatic hydroxyl groups excluding tert-OH is 1. The summed E-state index contributed by atoms with van der Waals surface area (Å²) in [4.78, 5) is 25.6. The fourth-order valence-electron chi connectivity index (χ4n) is 5.18. The van der Waals surface area contributed by atoms with E-state index in [1.54, 1.807) is 18.4 Å². The second kappa shape index (κ2) is 17.4. The van der Waals surface area contributed by atoms with E-state index in [0.717, 1.165) is 16.5 Å². The van der Waals surface area contributed by atoms with Crippen LogP contribution in [0.1, 0.15) is 44.1 Å². The van der Waals surface area contributed by atoms with Crippen LogP contribution in [-0.2, 0) is 28.5 Å². The molecule has 44 heavy (non-hydrogen) atoms. The van der Waals surface area contributed by atoms with Crippen molar-refractivity contribution >= 4 is 34.2 Å². The number of rotatable bonds is 18. The van der Waals surface area contributed by atoms with Crippen LogP contribution in [0.15, 0.2) is 71.0 Å². The van der Waals surface area contributed by atoms with Crippen molar-refractivity contribution in [1.29, 1.82) is 0 Å². The zero-order chi connectivity index (χ0) is 31.1. The zero-order valence-corrected chi connectivity index (χ0v) is 25.2. The molecule has 0 fully saturated rings. The summed E-state index contributed by atoms with van der Waals surface area (Å²) in [6.45, 7) is 4.15. The molecule has 238 valence electrons. The molecule has 0 bridgehead atoms. The SMILES string of the molecule is CCO[C@@H]1OC(C(=O)NCCCCC(=O)Nc2ccccc2N)=C[C@H](c2coc3ccccc23)[C@@H]1CCOCCOCCO. The number of para-hydroxylation sites is 3. The number of allylic oxidation sites excluding steroid dienone is 1. The summed E-state index contributed by atoms with van der Waals surface area (Å²) in [6, 6.07) is 14.9. The summed E-state index contributed by atoms with van der Waals surface area (Å²) in [6.07, 6.45) is 5.03. The van der Waals surface area contributed by atoms with Gasteiger partial charge in [-0.2, -0.15) is 0 Å². The van der Waals surface area contributed by atoms with Crippen LogP contribution in [0.3, 0.4) is 0 Å². The van der Waals surface area contributed by atoms with Crippen LogP contribution in [0.5, 0.6) is 0 Å². The number of hydrogen-bond acceptors (Lipinski definition) is 9. The molecule has 11 heteroatoms. The molecular weight excluding hydrogens is 566 g/mol. The fourth-order valence-corrected chi connectivity index (χ4v) is 5.18. The van der Waals surface area contributed by atoms with Gasteiger partial charge in [0.1, 0.15) is 5.58 Å². The molecule has 2 amide bonds. The summed E-state index contributed by atoms with van der Waals surface area (Å²) >= 11 is 0. The largest absolute Gasteiger partial charge is 0.464 e. The molecule has 0 spiro atoms. The number of furan rings is 1. The van der Waals surface area contributed by atoms with Crippen molar-refractivity contribution in [3.8, 4) is 0 Å². The summed E-state index contributed by atoms with van der Waals surface area (Å²) < 4.78 is 29.1. The Labute approximate surface area is 257 Å². The molecule has 4 rings (SSSR count). The van der Waals surface area contributed by atoms with Gasteiger partial charge in [0.25, 0.3) is 5.91 Å². The first kappa shape index (κ1) is 33.0. The van der Waals surface area contributed by atoms with Gasteiger partial charge >= 0.3 is 0 Å². The normalized spacial score (nSPS) is 18.0. The number of fused-ring (bicyclic) bond motifs is 1. The minimum absolute atomic E-state index is 0.0279. The molecular formula is C33H43N3O8. The number of benzene rings is 2. The van der Waals surface area contributed by atoms with Gasteiger partial charge in [0.2, 0.25) is 12.2 Å². The minimum Gasteiger partial charge on any atom is -0.464 e. The van der Waals surface area contributed by atoms with Gasteiger partial charge in [0.05, 0.1) is 44.1 Å². The summed E-state index contributed by atoms with van der Waals surface area (Å²) in [5.41, 5.74) is 8.70. The van der Waals surface area contributed by atoms with E-state index < -0.39 is 6.29 Å². The van der Waals surface area contributed by atoms with Crippen LogP contribution < -0.4 is 16.4 Å². The Balaban J connectivity index is 1.38. The van der Waals surface area contributed by atoms with Gasteiger partial charge < -0.3 is 44.8 Å². The highest BCUT2D eigenvalue weighted by atomic mass is 16.7. The van der Waals surface area contributed by atoms with Crippen LogP contribution in [0.25, 0.3) is 11.0 Å². The van der Waals surface area contributed by atoms with Gasteiger partial charge in [-0.25, -0.2) is 0 Å². The van der Waals surface area contributed by atoms with Crippen molar-refractivity contribution in [3.05, 3.63) is 72.2 Å². The van der Waals surface area contributed by atoms with E-state index in [1.165, 1.54) is 0 Å². The average Bonchev–Trinajstić information content (AvgIpc) is 3.46. The second-order valence-electron chi connectivity index (χ2n) is 10.4. The number of amides is 2. The first-order valence-electron chi connectivity index (χ1n) is 15.2. The standard InChI is InChI=1S/C33H43N3O8/c1-2-42-33-24(14-17-40-19-20-41-18-16-37)25(26-22-43-29-12-6-3-9-23(26)29)21-30(44-33)32(39)35-15-8-7-13-31(38)36-28-11-5-4-10-27(28)34/h3-6,9-12,21-22,24-25,33,37H,2,7-8,13-20,34H2,1H3,(H,35,39)(H,36,38)/t24-,25-,33+/m0/s1. The van der Waals surface area contributed by atoms with Crippen LogP contribution in [0.2, 0.25) is 0 Å². The maximum absolute atomic E-state index is 13.3. The molecule has 3 atom stereocenters. The van der Waals surface area contributed by atoms with Crippen molar-refractivity contribution in [1.82, 2.24) is 5.32 Å². The van der Waals surface area contributed by atoms with Gasteiger partial charge in [-0.15, -0.1) is 0 Å². The van der Waals surface area contributed by atoms with Crippen molar-refractivity contribution in [2.75, 3.05) is 57.2 Å². The predicted octanol–water partition coefficient (Wildman–Crippen LogP) is 4.33. The van der Waals surface area contributed by atoms with E-state index in [0.29, 0.717) is 70.0 Å². The van der Waals surface area contributed by atoms with Gasteiger partial charge in [0, 0.05) is 49.0 Å². The number of nitrogens with one attached hydrogen (secondary N) is 2. The quantitative estimate of drug-likeness (QED) is 0.122. The molecule has 1 aliphatic rings. The fraction of sp³-hybridized carbons (Fsp3) is 0.455. The number of nitrogens with two attached hydrogens (primary N) is 1. The molecule has 0 saturated heterocycles. The molecule has 0 aliphatic carbocycles. The molecule has 2 aromatic carbocycles. The van der Waals surface area contributed by atoms with Crippen LogP contribution in [0, 0.1) is 5.92 Å². The van der Waals surface area contributed by atoms with Gasteiger partial charge in [-0.1, -0.05) is 30.3 Å². The third-order valence-electron chi connectivity index (χ3n) is 7.36. The third kappa shape index (κ3) is 9.30. The molecule has 5 N–H and O–H groups in total. The number of nitrogen functional groups attached to an aromatic ring is 1. The number of unbranched alkanes of at least 4 members (excludes halogenated alkanes) is 1. The monoisotopic (exact) mass is 609 g/mol. The molecule has 3 aromatic rings. The van der Waals surface area contributed by atoms with Gasteiger partial charge in [-0.05, 0) is 50.5 Å². The molecule has 2 heterocycles. The highest BCUT2D eigenvalue weighted by Gasteiger charge is 2.39. The molecule has 1 aliphatic heterocycles. The van der Waals surface area contributed by atoms with Crippen LogP contribution >= 0.6 is 0 Å². The lowest BCUT2D eigenvalue weighted by molar-refractivity contribution is -0.168. The molecule has 0 radical (unpaired) electrons. The van der Waals surface area contributed by atoms with E-state index in [4.69, 9.17) is 34.2 Å². The van der Waals surface area contributed by atoms with E-state index in [2.05, 4.69) is 10.6 Å². The number of carbonyl (C=O) groups excluding carboxylic acids is 2. The maximum Gasteiger partial charge on any atom is 0.286 e. The highest BCUT2D eigenvalue weighted by Crippen LogP contribution is 2.42. The zero-order valence-electron chi connectivity index (χ0n) is 25.2. The Morgan fingerprint density at radius 2 is 1.77 bits per heavy atom. The number of ether oxygens (including phenoxy) is 4. The lowest BCUT2D eigenvalue weighted by Crippen LogP contribution is -2.39. The lowest BCUT2D eigenvalue weighted by Gasteiger charge is -2.36. The smallest absolute Gasteiger partial charge is 0.286 e. The Kier molecular flexibility index (Phi) is 13.1. The van der Waals surface area contributed by atoms with Gasteiger partial charge in [0.15, 0.2) is 5.76 Å². The first-order chi connectivity index (χ1) is 21.5. The maximum atomic E-state index is 13.3. The van der Waals surface area contributed by atoms with Crippen LogP contribution in [0.4, 0.5) is 11.4 Å². The average molecular weight is 610 g/mol. The van der Waals surface area contributed by atoms with Crippen LogP contribution in [-0.4, -0.2) is 69.4 Å². The Bertz CT molecular complexity index is 1370. The Morgan fingerprint density at radius 1 is 1.00 bits per heavy atom. The van der Waals surface area contributed by atoms with Crippen molar-refractivity contribution in [2.45, 2.75) is 44.8 Å². The number of aliphatic hydroxyl groups is 1. The minimum atomic E-state index is -0.673. The van der Waals surface area contributed by atoms with Crippen molar-refractivity contribution < 1.29 is 38.1 Å². The van der Waals surface area contributed by atoms with E-state index >= 15 is 0 Å². The summed E-state index contributed by atoms with van der Waals surface area (Å²) in [7, 11) is 0. The number of carbonyl (C=O) groups is 2. The lowest BCUT2D eigenvalue weighted by atomic mass is 9.81. The summed E-state index contributed by atoms with van der Waals surface area (Å²) in [5, 5.41) is 15.6. The molecule has 1 aromatic heterocycles. The molecule has 0 saturated carbocycles. The van der Waals surface area contributed by atoms with E-state index in [1.807, 2.05) is 49.4 Å². The van der Waals surface area contributed by atoms with Crippen molar-refractivity contribution in [3.63, 3.8) is 0 Å². The van der Waals surface area contributed by atoms with Crippen molar-refractivity contribution in [2.24, 2.45) is 5.92 Å². The summed E-state index contributed by atoms with van der Waals surface area (Å²) in [5.74, 6) is -0.665. The Morgan fingerprint density at radius 3 is 2.57 bits per heavy atom. The topological polar surface area (TPSA) is 155 Å². The Hall–Kier alpha value is -3.90.